The summed E-state index contributed by atoms with van der Waals surface area (Å²) < 4.78 is 5.33. The van der Waals surface area contributed by atoms with Crippen LogP contribution in [-0.4, -0.2) is 54.7 Å². The highest BCUT2D eigenvalue weighted by atomic mass is 16.5. The van der Waals surface area contributed by atoms with E-state index in [9.17, 15) is 9.59 Å². The Morgan fingerprint density at radius 3 is 2.60 bits per heavy atom. The molecule has 25 heavy (non-hydrogen) atoms. The molecule has 6 heteroatoms. The smallest absolute Gasteiger partial charge is 0.261 e. The minimum atomic E-state index is -0.377. The average molecular weight is 341 g/mol. The Morgan fingerprint density at radius 1 is 1.20 bits per heavy atom. The summed E-state index contributed by atoms with van der Waals surface area (Å²) in [4.78, 5) is 29.6. The zero-order valence-electron chi connectivity index (χ0n) is 14.3. The van der Waals surface area contributed by atoms with E-state index in [1.54, 1.807) is 12.1 Å². The molecule has 1 saturated heterocycles. The van der Waals surface area contributed by atoms with Crippen LogP contribution in [0.25, 0.3) is 11.3 Å². The Bertz CT molecular complexity index is 767. The zero-order valence-corrected chi connectivity index (χ0v) is 14.3. The molecule has 1 unspecified atom stereocenters. The molecule has 3 rings (SSSR count). The normalized spacial score (nSPS) is 16.4. The molecule has 1 aromatic carbocycles. The molecule has 1 aromatic heterocycles. The largest absolute Gasteiger partial charge is 0.379 e. The molecule has 1 aliphatic rings. The first-order chi connectivity index (χ1) is 12.1. The van der Waals surface area contributed by atoms with E-state index in [4.69, 9.17) is 4.74 Å². The molecular formula is C19H23N3O3. The van der Waals surface area contributed by atoms with Gasteiger partial charge in [0.15, 0.2) is 0 Å². The minimum absolute atomic E-state index is 0.133. The monoisotopic (exact) mass is 341 g/mol. The maximum Gasteiger partial charge on any atom is 0.261 e. The van der Waals surface area contributed by atoms with Crippen LogP contribution in [0.1, 0.15) is 17.3 Å². The molecule has 0 spiro atoms. The van der Waals surface area contributed by atoms with Gasteiger partial charge < -0.3 is 15.0 Å². The van der Waals surface area contributed by atoms with Crippen LogP contribution >= 0.6 is 0 Å². The maximum atomic E-state index is 12.3. The molecule has 1 amide bonds. The predicted octanol–water partition coefficient (Wildman–Crippen LogP) is 1.49. The summed E-state index contributed by atoms with van der Waals surface area (Å²) in [6, 6.07) is 13.1. The number of hydrogen-bond acceptors (Lipinski definition) is 4. The van der Waals surface area contributed by atoms with Crippen molar-refractivity contribution in [2.45, 2.75) is 13.0 Å². The third-order valence-electron chi connectivity index (χ3n) is 4.47. The van der Waals surface area contributed by atoms with Crippen molar-refractivity contribution in [2.24, 2.45) is 0 Å². The minimum Gasteiger partial charge on any atom is -0.379 e. The Labute approximate surface area is 146 Å². The van der Waals surface area contributed by atoms with E-state index in [-0.39, 0.29) is 23.1 Å². The molecule has 0 saturated carbocycles. The van der Waals surface area contributed by atoms with Gasteiger partial charge in [0.05, 0.1) is 13.2 Å². The van der Waals surface area contributed by atoms with Crippen molar-refractivity contribution < 1.29 is 9.53 Å². The van der Waals surface area contributed by atoms with Gasteiger partial charge >= 0.3 is 0 Å². The van der Waals surface area contributed by atoms with E-state index in [1.165, 1.54) is 0 Å². The molecule has 132 valence electrons. The first kappa shape index (κ1) is 17.4. The number of aromatic amines is 1. The third-order valence-corrected chi connectivity index (χ3v) is 4.47. The van der Waals surface area contributed by atoms with E-state index in [0.717, 1.165) is 31.9 Å². The summed E-state index contributed by atoms with van der Waals surface area (Å²) >= 11 is 0. The van der Waals surface area contributed by atoms with E-state index < -0.39 is 0 Å². The molecule has 0 aliphatic carbocycles. The average Bonchev–Trinajstić information content (AvgIpc) is 2.67. The topological polar surface area (TPSA) is 74.4 Å². The van der Waals surface area contributed by atoms with Crippen LogP contribution in [0, 0.1) is 0 Å². The van der Waals surface area contributed by atoms with Crippen LogP contribution in [0.15, 0.2) is 47.3 Å². The molecular weight excluding hydrogens is 318 g/mol. The Morgan fingerprint density at radius 2 is 1.92 bits per heavy atom. The number of carbonyl (C=O) groups is 1. The molecule has 0 radical (unpaired) electrons. The number of carbonyl (C=O) groups excluding carboxylic acids is 1. The second-order valence-corrected chi connectivity index (χ2v) is 6.19. The van der Waals surface area contributed by atoms with Crippen molar-refractivity contribution in [3.8, 4) is 11.3 Å². The van der Waals surface area contributed by atoms with Crippen molar-refractivity contribution in [3.63, 3.8) is 0 Å². The van der Waals surface area contributed by atoms with Crippen molar-refractivity contribution in [1.82, 2.24) is 15.2 Å². The Kier molecular flexibility index (Phi) is 5.63. The van der Waals surface area contributed by atoms with E-state index >= 15 is 0 Å². The van der Waals surface area contributed by atoms with Crippen LogP contribution in [0.5, 0.6) is 0 Å². The van der Waals surface area contributed by atoms with Gasteiger partial charge in [-0.15, -0.1) is 0 Å². The number of pyridine rings is 1. The fraction of sp³-hybridized carbons (Fsp3) is 0.368. The lowest BCUT2D eigenvalue weighted by Crippen LogP contribution is -2.47. The van der Waals surface area contributed by atoms with Gasteiger partial charge in [0, 0.05) is 31.4 Å². The highest BCUT2D eigenvalue weighted by Crippen LogP contribution is 2.14. The maximum absolute atomic E-state index is 12.3. The fourth-order valence-corrected chi connectivity index (χ4v) is 2.92. The molecule has 6 nitrogen and oxygen atoms in total. The van der Waals surface area contributed by atoms with Gasteiger partial charge in [-0.2, -0.15) is 0 Å². The van der Waals surface area contributed by atoms with Crippen molar-refractivity contribution in [3.05, 3.63) is 58.4 Å². The van der Waals surface area contributed by atoms with E-state index in [0.29, 0.717) is 12.2 Å². The SMILES string of the molecule is CC(CNC(=O)c1ccc(-c2ccccc2)[nH]c1=O)N1CCOCC1. The molecule has 1 atom stereocenters. The summed E-state index contributed by atoms with van der Waals surface area (Å²) in [5.41, 5.74) is 1.36. The van der Waals surface area contributed by atoms with Gasteiger partial charge in [0.2, 0.25) is 0 Å². The second-order valence-electron chi connectivity index (χ2n) is 6.19. The number of H-pyrrole nitrogens is 1. The van der Waals surface area contributed by atoms with Crippen LogP contribution in [0.4, 0.5) is 0 Å². The first-order valence-electron chi connectivity index (χ1n) is 8.54. The highest BCUT2D eigenvalue weighted by Gasteiger charge is 2.18. The molecule has 2 aromatic rings. The lowest BCUT2D eigenvalue weighted by atomic mass is 10.1. The van der Waals surface area contributed by atoms with Crippen molar-refractivity contribution in [2.75, 3.05) is 32.8 Å². The van der Waals surface area contributed by atoms with Gasteiger partial charge in [-0.1, -0.05) is 30.3 Å². The quantitative estimate of drug-likeness (QED) is 0.864. The van der Waals surface area contributed by atoms with Crippen LogP contribution in [0.2, 0.25) is 0 Å². The Hall–Kier alpha value is -2.44. The zero-order chi connectivity index (χ0) is 17.6. The molecule has 2 heterocycles. The lowest BCUT2D eigenvalue weighted by molar-refractivity contribution is 0.0204. The first-order valence-corrected chi connectivity index (χ1v) is 8.54. The van der Waals surface area contributed by atoms with Gasteiger partial charge in [-0.25, -0.2) is 0 Å². The number of nitrogens with zero attached hydrogens (tertiary/aromatic N) is 1. The van der Waals surface area contributed by atoms with Gasteiger partial charge in [0.25, 0.3) is 11.5 Å². The lowest BCUT2D eigenvalue weighted by Gasteiger charge is -2.32. The van der Waals surface area contributed by atoms with Crippen LogP contribution < -0.4 is 10.9 Å². The molecule has 2 N–H and O–H groups in total. The fourth-order valence-electron chi connectivity index (χ4n) is 2.92. The van der Waals surface area contributed by atoms with Crippen molar-refractivity contribution in [1.29, 1.82) is 0 Å². The number of nitrogens with one attached hydrogen (secondary N) is 2. The summed E-state index contributed by atoms with van der Waals surface area (Å²) in [6.07, 6.45) is 0. The summed E-state index contributed by atoms with van der Waals surface area (Å²) in [5, 5.41) is 2.85. The number of morpholine rings is 1. The van der Waals surface area contributed by atoms with E-state index in [2.05, 4.69) is 22.1 Å². The highest BCUT2D eigenvalue weighted by molar-refractivity contribution is 5.94. The van der Waals surface area contributed by atoms with E-state index in [1.807, 2.05) is 30.3 Å². The number of hydrogen-bond donors (Lipinski definition) is 2. The summed E-state index contributed by atoms with van der Waals surface area (Å²) in [6.45, 7) is 5.73. The van der Waals surface area contributed by atoms with Crippen LogP contribution in [-0.2, 0) is 4.74 Å². The second kappa shape index (κ2) is 8.09. The predicted molar refractivity (Wildman–Crippen MR) is 96.7 cm³/mol. The van der Waals surface area contributed by atoms with Gasteiger partial charge in [-0.3, -0.25) is 14.5 Å². The van der Waals surface area contributed by atoms with Gasteiger partial charge in [0.1, 0.15) is 5.56 Å². The molecule has 0 bridgehead atoms. The number of amides is 1. The Balaban J connectivity index is 1.63. The number of ether oxygens (including phenoxy) is 1. The standard InChI is InChI=1S/C19H23N3O3/c1-14(22-9-11-25-12-10-22)13-20-18(23)16-7-8-17(21-19(16)24)15-5-3-2-4-6-15/h2-8,14H,9-13H2,1H3,(H,20,23)(H,21,24). The van der Waals surface area contributed by atoms with Gasteiger partial charge in [-0.05, 0) is 24.6 Å². The van der Waals surface area contributed by atoms with Crippen LogP contribution in [0.3, 0.4) is 0 Å². The molecule has 1 fully saturated rings. The number of aromatic nitrogens is 1. The number of benzene rings is 1. The van der Waals surface area contributed by atoms with Crippen molar-refractivity contribution >= 4 is 5.91 Å². The molecule has 1 aliphatic heterocycles. The summed E-state index contributed by atoms with van der Waals surface area (Å²) in [5.74, 6) is -0.346. The third kappa shape index (κ3) is 4.35. The number of rotatable bonds is 5. The summed E-state index contributed by atoms with van der Waals surface area (Å²) in [7, 11) is 0.